The van der Waals surface area contributed by atoms with Crippen molar-refractivity contribution in [3.05, 3.63) is 12.7 Å². The van der Waals surface area contributed by atoms with Crippen molar-refractivity contribution in [2.24, 2.45) is 5.92 Å². The van der Waals surface area contributed by atoms with Gasteiger partial charge in [0.15, 0.2) is 0 Å². The highest BCUT2D eigenvalue weighted by molar-refractivity contribution is 5.92. The number of hydrogen-bond donors (Lipinski definition) is 1. The first-order chi connectivity index (χ1) is 9.69. The fourth-order valence-corrected chi connectivity index (χ4v) is 1.59. The molecule has 0 aliphatic rings. The zero-order valence-corrected chi connectivity index (χ0v) is 13.9. The van der Waals surface area contributed by atoms with Gasteiger partial charge in [0.05, 0.1) is 12.7 Å². The fraction of sp³-hybridized carbons (Fsp3) is 0.750. The minimum atomic E-state index is -1.05. The van der Waals surface area contributed by atoms with Crippen LogP contribution in [0.15, 0.2) is 12.7 Å². The van der Waals surface area contributed by atoms with Gasteiger partial charge in [0.1, 0.15) is 5.54 Å². The van der Waals surface area contributed by atoms with Crippen molar-refractivity contribution in [1.82, 2.24) is 5.32 Å². The predicted octanol–water partition coefficient (Wildman–Crippen LogP) is 2.45. The van der Waals surface area contributed by atoms with Gasteiger partial charge in [-0.2, -0.15) is 0 Å². The Morgan fingerprint density at radius 1 is 1.19 bits per heavy atom. The summed E-state index contributed by atoms with van der Waals surface area (Å²) in [4.78, 5) is 23.1. The second kappa shape index (κ2) is 9.55. The molecule has 5 nitrogen and oxygen atoms in total. The molecule has 0 fully saturated rings. The summed E-state index contributed by atoms with van der Waals surface area (Å²) >= 11 is 0. The van der Waals surface area contributed by atoms with E-state index in [1.54, 1.807) is 13.8 Å². The van der Waals surface area contributed by atoms with Crippen LogP contribution in [0.2, 0.25) is 0 Å². The standard InChI is InChI=1S/C16H29NO4/c1-7-14(18)17-16(5,6)15(19)21-11-9-13(4)8-10-20-12(2)3/h7,12-13H,1,8-11H2,2-6H3,(H,17,18). The molecule has 0 radical (unpaired) electrons. The van der Waals surface area contributed by atoms with Crippen molar-refractivity contribution in [3.8, 4) is 0 Å². The van der Waals surface area contributed by atoms with Crippen LogP contribution >= 0.6 is 0 Å². The molecule has 0 aromatic carbocycles. The summed E-state index contributed by atoms with van der Waals surface area (Å²) < 4.78 is 10.7. The Morgan fingerprint density at radius 3 is 2.29 bits per heavy atom. The van der Waals surface area contributed by atoms with Gasteiger partial charge in [-0.25, -0.2) is 4.79 Å². The van der Waals surface area contributed by atoms with Gasteiger partial charge in [-0.1, -0.05) is 13.5 Å². The average Bonchev–Trinajstić information content (AvgIpc) is 2.37. The molecule has 1 N–H and O–H groups in total. The monoisotopic (exact) mass is 299 g/mol. The first kappa shape index (κ1) is 19.6. The molecule has 122 valence electrons. The minimum absolute atomic E-state index is 0.240. The van der Waals surface area contributed by atoms with Gasteiger partial charge in [0.2, 0.25) is 5.91 Å². The Kier molecular flexibility index (Phi) is 8.93. The van der Waals surface area contributed by atoms with Crippen LogP contribution < -0.4 is 5.32 Å². The highest BCUT2D eigenvalue weighted by Crippen LogP contribution is 2.11. The lowest BCUT2D eigenvalue weighted by molar-refractivity contribution is -0.152. The first-order valence-electron chi connectivity index (χ1n) is 7.42. The molecule has 0 bridgehead atoms. The van der Waals surface area contributed by atoms with Gasteiger partial charge in [-0.05, 0) is 52.5 Å². The third kappa shape index (κ3) is 9.24. The SMILES string of the molecule is C=CC(=O)NC(C)(C)C(=O)OCCC(C)CCOC(C)C. The van der Waals surface area contributed by atoms with E-state index in [2.05, 4.69) is 18.8 Å². The topological polar surface area (TPSA) is 64.6 Å². The Hall–Kier alpha value is -1.36. The largest absolute Gasteiger partial charge is 0.464 e. The minimum Gasteiger partial charge on any atom is -0.464 e. The number of carbonyl (C=O) groups excluding carboxylic acids is 2. The molecule has 0 saturated heterocycles. The van der Waals surface area contributed by atoms with Crippen molar-refractivity contribution >= 4 is 11.9 Å². The maximum Gasteiger partial charge on any atom is 0.331 e. The number of amides is 1. The van der Waals surface area contributed by atoms with Crippen LogP contribution in [0.4, 0.5) is 0 Å². The van der Waals surface area contributed by atoms with Crippen LogP contribution in [0.1, 0.15) is 47.5 Å². The molecular formula is C16H29NO4. The summed E-state index contributed by atoms with van der Waals surface area (Å²) in [5.74, 6) is -0.415. The number of esters is 1. The van der Waals surface area contributed by atoms with Gasteiger partial charge in [-0.3, -0.25) is 4.79 Å². The molecular weight excluding hydrogens is 270 g/mol. The molecule has 0 aliphatic carbocycles. The van der Waals surface area contributed by atoms with Gasteiger partial charge >= 0.3 is 5.97 Å². The number of carbonyl (C=O) groups is 2. The summed E-state index contributed by atoms with van der Waals surface area (Å²) in [6.45, 7) is 13.7. The van der Waals surface area contributed by atoms with Gasteiger partial charge in [-0.15, -0.1) is 0 Å². The molecule has 1 amide bonds. The molecule has 21 heavy (non-hydrogen) atoms. The zero-order chi connectivity index (χ0) is 16.5. The van der Waals surface area contributed by atoms with Crippen LogP contribution in [0.3, 0.4) is 0 Å². The molecule has 5 heteroatoms. The highest BCUT2D eigenvalue weighted by atomic mass is 16.5. The van der Waals surface area contributed by atoms with Crippen LogP contribution in [-0.2, 0) is 19.1 Å². The molecule has 0 aliphatic heterocycles. The molecule has 1 unspecified atom stereocenters. The maximum absolute atomic E-state index is 11.9. The number of nitrogens with one attached hydrogen (secondary N) is 1. The predicted molar refractivity (Wildman–Crippen MR) is 82.9 cm³/mol. The summed E-state index contributed by atoms with van der Waals surface area (Å²) in [6, 6.07) is 0. The van der Waals surface area contributed by atoms with E-state index < -0.39 is 17.4 Å². The maximum atomic E-state index is 11.9. The van der Waals surface area contributed by atoms with Gasteiger partial charge in [0, 0.05) is 6.61 Å². The van der Waals surface area contributed by atoms with Crippen molar-refractivity contribution < 1.29 is 19.1 Å². The lowest BCUT2D eigenvalue weighted by Gasteiger charge is -2.23. The molecule has 0 spiro atoms. The van der Waals surface area contributed by atoms with Gasteiger partial charge < -0.3 is 14.8 Å². The van der Waals surface area contributed by atoms with Crippen molar-refractivity contribution in [3.63, 3.8) is 0 Å². The van der Waals surface area contributed by atoms with Crippen molar-refractivity contribution in [2.45, 2.75) is 59.1 Å². The lowest BCUT2D eigenvalue weighted by atomic mass is 10.0. The molecule has 0 aromatic heterocycles. The molecule has 0 saturated carbocycles. The normalized spacial score (nSPS) is 12.9. The van der Waals surface area contributed by atoms with Crippen molar-refractivity contribution in [2.75, 3.05) is 13.2 Å². The average molecular weight is 299 g/mol. The summed E-state index contributed by atoms with van der Waals surface area (Å²) in [5.41, 5.74) is -1.05. The summed E-state index contributed by atoms with van der Waals surface area (Å²) in [7, 11) is 0. The van der Waals surface area contributed by atoms with Crippen LogP contribution in [0.5, 0.6) is 0 Å². The summed E-state index contributed by atoms with van der Waals surface area (Å²) in [6.07, 6.45) is 3.08. The Bertz CT molecular complexity index is 350. The first-order valence-corrected chi connectivity index (χ1v) is 7.42. The van der Waals surface area contributed by atoms with Crippen LogP contribution in [-0.4, -0.2) is 36.7 Å². The van der Waals surface area contributed by atoms with E-state index in [1.165, 1.54) is 0 Å². The molecule has 0 rings (SSSR count). The van der Waals surface area contributed by atoms with E-state index in [0.29, 0.717) is 19.1 Å². The van der Waals surface area contributed by atoms with E-state index in [-0.39, 0.29) is 6.10 Å². The molecule has 0 heterocycles. The molecule has 0 aromatic rings. The van der Waals surface area contributed by atoms with E-state index >= 15 is 0 Å². The highest BCUT2D eigenvalue weighted by Gasteiger charge is 2.30. The third-order valence-corrected chi connectivity index (χ3v) is 3.04. The Labute approximate surface area is 128 Å². The smallest absolute Gasteiger partial charge is 0.331 e. The van der Waals surface area contributed by atoms with Crippen LogP contribution in [0, 0.1) is 5.92 Å². The fourth-order valence-electron chi connectivity index (χ4n) is 1.59. The van der Waals surface area contributed by atoms with E-state index in [1.807, 2.05) is 13.8 Å². The van der Waals surface area contributed by atoms with Gasteiger partial charge in [0.25, 0.3) is 0 Å². The van der Waals surface area contributed by atoms with Crippen molar-refractivity contribution in [1.29, 1.82) is 0 Å². The third-order valence-electron chi connectivity index (χ3n) is 3.04. The number of hydrogen-bond acceptors (Lipinski definition) is 4. The second-order valence-corrected chi connectivity index (χ2v) is 6.06. The van der Waals surface area contributed by atoms with Crippen LogP contribution in [0.25, 0.3) is 0 Å². The zero-order valence-electron chi connectivity index (χ0n) is 13.9. The van der Waals surface area contributed by atoms with E-state index in [4.69, 9.17) is 9.47 Å². The number of ether oxygens (including phenoxy) is 2. The summed E-state index contributed by atoms with van der Waals surface area (Å²) in [5, 5.41) is 2.54. The lowest BCUT2D eigenvalue weighted by Crippen LogP contribution is -2.50. The Morgan fingerprint density at radius 2 is 1.76 bits per heavy atom. The quantitative estimate of drug-likeness (QED) is 0.497. The number of rotatable bonds is 10. The van der Waals surface area contributed by atoms with E-state index in [0.717, 1.165) is 18.9 Å². The Balaban J connectivity index is 3.97. The second-order valence-electron chi connectivity index (χ2n) is 6.06. The molecule has 1 atom stereocenters. The van der Waals surface area contributed by atoms with E-state index in [9.17, 15) is 9.59 Å².